The molecule has 0 aromatic carbocycles. The summed E-state index contributed by atoms with van der Waals surface area (Å²) >= 11 is 0. The van der Waals surface area contributed by atoms with Gasteiger partial charge >= 0.3 is 0 Å². The van der Waals surface area contributed by atoms with Crippen molar-refractivity contribution < 1.29 is 5.11 Å². The van der Waals surface area contributed by atoms with E-state index < -0.39 is 5.60 Å². The molecule has 3 N–H and O–H groups in total. The van der Waals surface area contributed by atoms with Crippen LogP contribution in [0.25, 0.3) is 0 Å². The van der Waals surface area contributed by atoms with E-state index in [1.165, 1.54) is 12.8 Å². The minimum Gasteiger partial charge on any atom is -0.389 e. The van der Waals surface area contributed by atoms with E-state index in [0.29, 0.717) is 12.1 Å². The molecule has 0 bridgehead atoms. The molecule has 3 unspecified atom stereocenters. The highest BCUT2D eigenvalue weighted by molar-refractivity contribution is 4.93. The van der Waals surface area contributed by atoms with Crippen LogP contribution >= 0.6 is 0 Å². The fourth-order valence-electron chi connectivity index (χ4n) is 2.96. The summed E-state index contributed by atoms with van der Waals surface area (Å²) < 4.78 is 0. The third kappa shape index (κ3) is 2.10. The van der Waals surface area contributed by atoms with Crippen molar-refractivity contribution in [2.75, 3.05) is 13.1 Å². The normalized spacial score (nSPS) is 45.6. The summed E-state index contributed by atoms with van der Waals surface area (Å²) in [6.07, 6.45) is 5.67. The lowest BCUT2D eigenvalue weighted by molar-refractivity contribution is -0.0309. The van der Waals surface area contributed by atoms with Gasteiger partial charge in [0.2, 0.25) is 0 Å². The third-order valence-electron chi connectivity index (χ3n) is 3.70. The number of β-amino-alcohol motifs (C(OH)–C–C–N with tert-alkyl or cyclic N) is 1. The Morgan fingerprint density at radius 3 is 2.71 bits per heavy atom. The number of likely N-dealkylation sites (tertiary alicyclic amines) is 1. The Morgan fingerprint density at radius 1 is 1.36 bits per heavy atom. The van der Waals surface area contributed by atoms with Crippen molar-refractivity contribution in [1.29, 1.82) is 0 Å². The van der Waals surface area contributed by atoms with Gasteiger partial charge in [-0.1, -0.05) is 6.42 Å². The number of nitrogens with zero attached hydrogens (tertiary/aromatic N) is 1. The topological polar surface area (TPSA) is 49.5 Å². The van der Waals surface area contributed by atoms with E-state index in [0.717, 1.165) is 32.4 Å². The highest BCUT2D eigenvalue weighted by Gasteiger charge is 2.36. The minimum absolute atomic E-state index is 0.337. The monoisotopic (exact) mass is 198 g/mol. The fraction of sp³-hybridized carbons (Fsp3) is 1.00. The average Bonchev–Trinajstić information content (AvgIpc) is 2.49. The van der Waals surface area contributed by atoms with Gasteiger partial charge < -0.3 is 10.8 Å². The van der Waals surface area contributed by atoms with Crippen LogP contribution in [0.1, 0.15) is 39.0 Å². The maximum absolute atomic E-state index is 10.0. The van der Waals surface area contributed by atoms with E-state index in [1.54, 1.807) is 0 Å². The van der Waals surface area contributed by atoms with Crippen molar-refractivity contribution in [3.8, 4) is 0 Å². The van der Waals surface area contributed by atoms with Crippen LogP contribution in [-0.4, -0.2) is 40.8 Å². The molecule has 0 amide bonds. The predicted molar refractivity (Wildman–Crippen MR) is 57.0 cm³/mol. The van der Waals surface area contributed by atoms with Gasteiger partial charge in [0.25, 0.3) is 0 Å². The van der Waals surface area contributed by atoms with E-state index in [1.807, 2.05) is 6.92 Å². The molecule has 1 saturated carbocycles. The smallest absolute Gasteiger partial charge is 0.0746 e. The van der Waals surface area contributed by atoms with E-state index in [4.69, 9.17) is 5.73 Å². The Labute approximate surface area is 86.3 Å². The number of hydrogen-bond donors (Lipinski definition) is 2. The molecule has 3 nitrogen and oxygen atoms in total. The zero-order valence-corrected chi connectivity index (χ0v) is 9.08. The van der Waals surface area contributed by atoms with Crippen molar-refractivity contribution in [3.05, 3.63) is 0 Å². The van der Waals surface area contributed by atoms with Crippen LogP contribution in [0.4, 0.5) is 0 Å². The minimum atomic E-state index is -0.486. The number of aliphatic hydroxyl groups is 1. The van der Waals surface area contributed by atoms with Crippen LogP contribution in [0.5, 0.6) is 0 Å². The molecule has 2 aliphatic rings. The lowest BCUT2D eigenvalue weighted by Gasteiger charge is -2.41. The second-order valence-electron chi connectivity index (χ2n) is 5.23. The average molecular weight is 198 g/mol. The van der Waals surface area contributed by atoms with Crippen molar-refractivity contribution >= 4 is 0 Å². The van der Waals surface area contributed by atoms with E-state index in [2.05, 4.69) is 4.90 Å². The van der Waals surface area contributed by atoms with Crippen LogP contribution in [0.15, 0.2) is 0 Å². The van der Waals surface area contributed by atoms with Gasteiger partial charge in [-0.2, -0.15) is 0 Å². The van der Waals surface area contributed by atoms with E-state index >= 15 is 0 Å². The number of piperidine rings is 1. The number of nitrogens with two attached hydrogens (primary N) is 1. The molecule has 3 atom stereocenters. The first-order valence-electron chi connectivity index (χ1n) is 5.80. The van der Waals surface area contributed by atoms with Gasteiger partial charge in [-0.25, -0.2) is 0 Å². The highest BCUT2D eigenvalue weighted by atomic mass is 16.3. The molecule has 3 heteroatoms. The van der Waals surface area contributed by atoms with E-state index in [-0.39, 0.29) is 0 Å². The molecule has 2 fully saturated rings. The van der Waals surface area contributed by atoms with Crippen LogP contribution < -0.4 is 5.73 Å². The van der Waals surface area contributed by atoms with Crippen molar-refractivity contribution in [2.45, 2.75) is 56.7 Å². The standard InChI is InChI=1S/C11H22N2O/c1-11(14)6-3-7-13(8-11)10-5-2-4-9(10)12/h9-10,14H,2-8,12H2,1H3. The molecule has 2 rings (SSSR count). The summed E-state index contributed by atoms with van der Waals surface area (Å²) in [5, 5.41) is 10.0. The van der Waals surface area contributed by atoms with Gasteiger partial charge in [-0.15, -0.1) is 0 Å². The zero-order valence-electron chi connectivity index (χ0n) is 9.08. The zero-order chi connectivity index (χ0) is 10.2. The molecule has 1 saturated heterocycles. The van der Waals surface area contributed by atoms with Crippen molar-refractivity contribution in [2.24, 2.45) is 5.73 Å². The second-order valence-corrected chi connectivity index (χ2v) is 5.23. The van der Waals surface area contributed by atoms with Gasteiger partial charge in [-0.3, -0.25) is 4.90 Å². The molecule has 0 radical (unpaired) electrons. The Kier molecular flexibility index (Phi) is 2.82. The molecule has 1 aliphatic heterocycles. The summed E-state index contributed by atoms with van der Waals surface area (Å²) in [5.41, 5.74) is 5.59. The second kappa shape index (κ2) is 3.80. The van der Waals surface area contributed by atoms with Gasteiger partial charge in [0.15, 0.2) is 0 Å². The molecule has 0 aromatic heterocycles. The van der Waals surface area contributed by atoms with Crippen molar-refractivity contribution in [1.82, 2.24) is 4.90 Å². The van der Waals surface area contributed by atoms with Gasteiger partial charge in [0, 0.05) is 18.6 Å². The predicted octanol–water partition coefficient (Wildman–Crippen LogP) is 0.713. The van der Waals surface area contributed by atoms with Crippen LogP contribution in [-0.2, 0) is 0 Å². The summed E-state index contributed by atoms with van der Waals surface area (Å²) in [7, 11) is 0. The maximum atomic E-state index is 10.0. The van der Waals surface area contributed by atoms with Crippen LogP contribution in [0.3, 0.4) is 0 Å². The molecule has 82 valence electrons. The summed E-state index contributed by atoms with van der Waals surface area (Å²) in [6, 6.07) is 0.866. The first-order valence-corrected chi connectivity index (χ1v) is 5.80. The first-order chi connectivity index (χ1) is 6.58. The largest absolute Gasteiger partial charge is 0.389 e. The Hall–Kier alpha value is -0.120. The fourth-order valence-corrected chi connectivity index (χ4v) is 2.96. The SMILES string of the molecule is CC1(O)CCCN(C2CCCC2N)C1. The van der Waals surface area contributed by atoms with Gasteiger partial charge in [0.1, 0.15) is 0 Å². The highest BCUT2D eigenvalue weighted by Crippen LogP contribution is 2.28. The maximum Gasteiger partial charge on any atom is 0.0746 e. The lowest BCUT2D eigenvalue weighted by Crippen LogP contribution is -2.53. The molecule has 0 spiro atoms. The van der Waals surface area contributed by atoms with Crippen LogP contribution in [0.2, 0.25) is 0 Å². The Balaban J connectivity index is 1.97. The Bertz CT molecular complexity index is 205. The number of hydrogen-bond acceptors (Lipinski definition) is 3. The molecule has 0 aromatic rings. The molecular weight excluding hydrogens is 176 g/mol. The molecule has 14 heavy (non-hydrogen) atoms. The van der Waals surface area contributed by atoms with Gasteiger partial charge in [-0.05, 0) is 39.2 Å². The first kappa shape index (κ1) is 10.4. The summed E-state index contributed by atoms with van der Waals surface area (Å²) in [5.74, 6) is 0. The number of rotatable bonds is 1. The van der Waals surface area contributed by atoms with Crippen LogP contribution in [0, 0.1) is 0 Å². The van der Waals surface area contributed by atoms with Crippen molar-refractivity contribution in [3.63, 3.8) is 0 Å². The third-order valence-corrected chi connectivity index (χ3v) is 3.70. The lowest BCUT2D eigenvalue weighted by atomic mass is 9.93. The molecule has 1 aliphatic carbocycles. The van der Waals surface area contributed by atoms with E-state index in [9.17, 15) is 5.11 Å². The molecule has 1 heterocycles. The van der Waals surface area contributed by atoms with Gasteiger partial charge in [0.05, 0.1) is 5.60 Å². The summed E-state index contributed by atoms with van der Waals surface area (Å²) in [6.45, 7) is 3.87. The molecular formula is C11H22N2O. The quantitative estimate of drug-likeness (QED) is 0.652. The Morgan fingerprint density at radius 2 is 2.14 bits per heavy atom. The summed E-state index contributed by atoms with van der Waals surface area (Å²) in [4.78, 5) is 2.40.